The Hall–Kier alpha value is -0.720. The number of carbonyl (C=O) groups excluding carboxylic acids is 1. The number of esters is 1. The third kappa shape index (κ3) is 7.39. The molecular weight excluding hydrogens is 182 g/mol. The number of hydrogen-bond donors (Lipinski definition) is 1. The fraction of sp³-hybridized carbons (Fsp3) is 0.500. The zero-order valence-corrected chi connectivity index (χ0v) is 7.26. The maximum atomic E-state index is 10.4. The molecule has 1 unspecified atom stereocenters. The van der Waals surface area contributed by atoms with Gasteiger partial charge in [0.15, 0.2) is 0 Å². The van der Waals surface area contributed by atoms with E-state index in [4.69, 9.17) is 0 Å². The van der Waals surface area contributed by atoms with Crippen LogP contribution in [-0.2, 0) is 20.8 Å². The molecule has 70 valence electrons. The molecule has 0 bridgehead atoms. The van der Waals surface area contributed by atoms with Crippen LogP contribution in [0.1, 0.15) is 6.42 Å². The third-order valence-corrected chi connectivity index (χ3v) is 1.39. The summed E-state index contributed by atoms with van der Waals surface area (Å²) in [6, 6.07) is 0. The number of ether oxygens (including phenoxy) is 1. The molecule has 1 atom stereocenters. The van der Waals surface area contributed by atoms with E-state index in [1.807, 2.05) is 0 Å². The summed E-state index contributed by atoms with van der Waals surface area (Å²) in [6.45, 7) is 3.65. The first-order chi connectivity index (χ1) is 5.66. The van der Waals surface area contributed by atoms with Crippen molar-refractivity contribution in [3.63, 3.8) is 0 Å². The van der Waals surface area contributed by atoms with Gasteiger partial charge in [-0.3, -0.25) is 4.21 Å². The second-order valence-corrected chi connectivity index (χ2v) is 2.61. The van der Waals surface area contributed by atoms with Gasteiger partial charge in [0, 0.05) is 23.9 Å². The van der Waals surface area contributed by atoms with Gasteiger partial charge in [0.25, 0.3) is 0 Å². The first kappa shape index (κ1) is 11.3. The fourth-order valence-corrected chi connectivity index (χ4v) is 0.770. The van der Waals surface area contributed by atoms with E-state index in [0.29, 0.717) is 6.42 Å². The summed E-state index contributed by atoms with van der Waals surface area (Å²) in [7, 11) is 0. The molecule has 0 aromatic heterocycles. The van der Waals surface area contributed by atoms with Crippen LogP contribution in [-0.4, -0.2) is 27.9 Å². The van der Waals surface area contributed by atoms with Crippen LogP contribution in [0, 0.1) is 0 Å². The highest BCUT2D eigenvalue weighted by Gasteiger charge is 1.93. The molecule has 1 N–H and O–H groups in total. The number of rotatable bonds is 6. The van der Waals surface area contributed by atoms with Gasteiger partial charge in [-0.05, 0) is 6.42 Å². The van der Waals surface area contributed by atoms with Crippen LogP contribution in [0.15, 0.2) is 12.7 Å². The summed E-state index contributed by atoms with van der Waals surface area (Å²) < 4.78 is 26.5. The third-order valence-electron chi connectivity index (χ3n) is 0.952. The van der Waals surface area contributed by atoms with Crippen LogP contribution in [0.2, 0.25) is 0 Å². The van der Waals surface area contributed by atoms with Gasteiger partial charge in [0.05, 0.1) is 6.61 Å². The van der Waals surface area contributed by atoms with Crippen LogP contribution in [0.4, 0.5) is 0 Å². The predicted molar refractivity (Wildman–Crippen MR) is 42.7 cm³/mol. The second kappa shape index (κ2) is 6.96. The molecule has 0 amide bonds. The number of hydrogen-bond acceptors (Lipinski definition) is 4. The van der Waals surface area contributed by atoms with E-state index in [1.54, 1.807) is 0 Å². The summed E-state index contributed by atoms with van der Waals surface area (Å²) in [4.78, 5) is 10.4. The van der Waals surface area contributed by atoms with Crippen LogP contribution < -0.4 is 4.72 Å². The van der Waals surface area contributed by atoms with Gasteiger partial charge in [0.2, 0.25) is 0 Å². The Morgan fingerprint density at radius 2 is 2.42 bits per heavy atom. The highest BCUT2D eigenvalue weighted by Crippen LogP contribution is 1.83. The lowest BCUT2D eigenvalue weighted by molar-refractivity contribution is -0.137. The van der Waals surface area contributed by atoms with Gasteiger partial charge in [-0.1, -0.05) is 6.58 Å². The van der Waals surface area contributed by atoms with Gasteiger partial charge in [-0.25, -0.2) is 9.52 Å². The summed E-state index contributed by atoms with van der Waals surface area (Å²) >= 11 is -2.24. The molecule has 12 heavy (non-hydrogen) atoms. The summed E-state index contributed by atoms with van der Waals surface area (Å²) in [6.07, 6.45) is 1.51. The van der Waals surface area contributed by atoms with Gasteiger partial charge in [-0.2, -0.15) is 0 Å². The Kier molecular flexibility index (Phi) is 6.54. The molecule has 0 aromatic carbocycles. The molecule has 0 fully saturated rings. The maximum absolute atomic E-state index is 10.4. The Morgan fingerprint density at radius 1 is 1.75 bits per heavy atom. The van der Waals surface area contributed by atoms with Crippen LogP contribution in [0.5, 0.6) is 0 Å². The molecular formula is C6H10NO4S-. The lowest BCUT2D eigenvalue weighted by Gasteiger charge is -2.06. The van der Waals surface area contributed by atoms with E-state index in [0.717, 1.165) is 6.08 Å². The molecule has 0 aliphatic rings. The number of carbonyl (C=O) groups is 1. The maximum Gasteiger partial charge on any atom is 0.330 e. The minimum atomic E-state index is -2.24. The van der Waals surface area contributed by atoms with E-state index in [1.165, 1.54) is 0 Å². The zero-order chi connectivity index (χ0) is 9.40. The lowest BCUT2D eigenvalue weighted by atomic mass is 10.5. The first-order valence-electron chi connectivity index (χ1n) is 3.28. The normalized spacial score (nSPS) is 12.1. The van der Waals surface area contributed by atoms with E-state index >= 15 is 0 Å². The lowest BCUT2D eigenvalue weighted by Crippen LogP contribution is -2.19. The van der Waals surface area contributed by atoms with Crippen molar-refractivity contribution in [1.29, 1.82) is 0 Å². The van der Waals surface area contributed by atoms with Crippen LogP contribution in [0.25, 0.3) is 0 Å². The first-order valence-corrected chi connectivity index (χ1v) is 4.36. The van der Waals surface area contributed by atoms with Gasteiger partial charge in [-0.15, -0.1) is 0 Å². The molecule has 0 spiro atoms. The van der Waals surface area contributed by atoms with Crippen molar-refractivity contribution in [2.45, 2.75) is 6.42 Å². The molecule has 0 radical (unpaired) electrons. The highest BCUT2D eigenvalue weighted by molar-refractivity contribution is 7.77. The minimum absolute atomic E-state index is 0.190. The quantitative estimate of drug-likeness (QED) is 0.266. The van der Waals surface area contributed by atoms with Crippen molar-refractivity contribution in [3.05, 3.63) is 12.7 Å². The molecule has 0 rings (SSSR count). The molecule has 0 aliphatic carbocycles. The molecule has 0 saturated heterocycles. The van der Waals surface area contributed by atoms with Crippen LogP contribution in [0.3, 0.4) is 0 Å². The van der Waals surface area contributed by atoms with Crippen molar-refractivity contribution in [2.24, 2.45) is 0 Å². The molecule has 0 aliphatic heterocycles. The Labute approximate surface area is 73.2 Å². The van der Waals surface area contributed by atoms with E-state index in [9.17, 15) is 13.6 Å². The van der Waals surface area contributed by atoms with Crippen LogP contribution >= 0.6 is 0 Å². The smallest absolute Gasteiger partial charge is 0.330 e. The van der Waals surface area contributed by atoms with Gasteiger partial charge < -0.3 is 9.29 Å². The molecule has 0 aromatic rings. The Balaban J connectivity index is 3.16. The van der Waals surface area contributed by atoms with E-state index < -0.39 is 17.2 Å². The molecule has 6 heteroatoms. The fourth-order valence-electron chi connectivity index (χ4n) is 0.459. The standard InChI is InChI=1S/C6H11NO4S/c1-2-6(8)11-5-3-4-7-12(9)10/h2,7H,1,3-5H2,(H,9,10)/p-1. The zero-order valence-electron chi connectivity index (χ0n) is 6.45. The minimum Gasteiger partial charge on any atom is -0.760 e. The van der Waals surface area contributed by atoms with Crippen molar-refractivity contribution in [2.75, 3.05) is 13.2 Å². The average Bonchev–Trinajstić information content (AvgIpc) is 2.03. The number of nitrogens with one attached hydrogen (secondary N) is 1. The van der Waals surface area contributed by atoms with Crippen molar-refractivity contribution in [1.82, 2.24) is 4.72 Å². The van der Waals surface area contributed by atoms with Gasteiger partial charge >= 0.3 is 5.97 Å². The molecule has 0 saturated carbocycles. The Morgan fingerprint density at radius 3 is 2.92 bits per heavy atom. The summed E-state index contributed by atoms with van der Waals surface area (Å²) in [5.74, 6) is -0.502. The monoisotopic (exact) mass is 192 g/mol. The van der Waals surface area contributed by atoms with Crippen molar-refractivity contribution >= 4 is 17.2 Å². The summed E-state index contributed by atoms with van der Waals surface area (Å²) in [5.41, 5.74) is 0. The predicted octanol–water partition coefficient (Wildman–Crippen LogP) is -0.511. The summed E-state index contributed by atoms with van der Waals surface area (Å²) in [5, 5.41) is 0. The SMILES string of the molecule is C=CC(=O)OCCCNS(=O)[O-]. The molecule has 5 nitrogen and oxygen atoms in total. The average molecular weight is 192 g/mol. The Bertz CT molecular complexity index is 182. The largest absolute Gasteiger partial charge is 0.760 e. The highest BCUT2D eigenvalue weighted by atomic mass is 32.2. The van der Waals surface area contributed by atoms with Crippen molar-refractivity contribution in [3.8, 4) is 0 Å². The topological polar surface area (TPSA) is 78.5 Å². The van der Waals surface area contributed by atoms with Gasteiger partial charge in [0.1, 0.15) is 0 Å². The van der Waals surface area contributed by atoms with E-state index in [-0.39, 0.29) is 13.2 Å². The molecule has 0 heterocycles. The second-order valence-electron chi connectivity index (χ2n) is 1.85. The van der Waals surface area contributed by atoms with E-state index in [2.05, 4.69) is 16.0 Å². The van der Waals surface area contributed by atoms with Crippen molar-refractivity contribution < 1.29 is 18.3 Å².